The summed E-state index contributed by atoms with van der Waals surface area (Å²) in [6, 6.07) is 11.5. The molecule has 2 rings (SSSR count). The Morgan fingerprint density at radius 2 is 1.89 bits per heavy atom. The van der Waals surface area contributed by atoms with Crippen LogP contribution in [0.4, 0.5) is 4.39 Å². The van der Waals surface area contributed by atoms with E-state index in [1.807, 2.05) is 25.1 Å². The molecule has 0 heterocycles. The van der Waals surface area contributed by atoms with Crippen LogP contribution in [0.3, 0.4) is 0 Å². The fourth-order valence-electron chi connectivity index (χ4n) is 1.61. The molecule has 0 saturated heterocycles. The van der Waals surface area contributed by atoms with Crippen molar-refractivity contribution in [3.8, 4) is 11.5 Å². The summed E-state index contributed by atoms with van der Waals surface area (Å²) in [5.41, 5.74) is 6.82. The Labute approximate surface area is 114 Å². The minimum absolute atomic E-state index is 0.0532. The number of ether oxygens (including phenoxy) is 1. The van der Waals surface area contributed by atoms with E-state index in [9.17, 15) is 4.39 Å². The Balaban J connectivity index is 2.23. The van der Waals surface area contributed by atoms with Crippen molar-refractivity contribution in [3.63, 3.8) is 0 Å². The van der Waals surface area contributed by atoms with Gasteiger partial charge in [0.25, 0.3) is 0 Å². The normalized spacial score (nSPS) is 12.2. The van der Waals surface area contributed by atoms with Crippen LogP contribution in [0.1, 0.15) is 18.5 Å². The predicted octanol–water partition coefficient (Wildman–Crippen LogP) is 4.40. The molecule has 94 valence electrons. The summed E-state index contributed by atoms with van der Waals surface area (Å²) in [6.45, 7) is 1.91. The topological polar surface area (TPSA) is 35.2 Å². The highest BCUT2D eigenvalue weighted by Crippen LogP contribution is 2.29. The molecule has 4 heteroatoms. The van der Waals surface area contributed by atoms with Gasteiger partial charge < -0.3 is 10.5 Å². The number of hydrogen-bond acceptors (Lipinski definition) is 2. The molecule has 0 amide bonds. The summed E-state index contributed by atoms with van der Waals surface area (Å²) in [4.78, 5) is 0. The summed E-state index contributed by atoms with van der Waals surface area (Å²) in [6.07, 6.45) is 0. The second kappa shape index (κ2) is 5.50. The Bertz CT molecular complexity index is 557. The Morgan fingerprint density at radius 3 is 2.50 bits per heavy atom. The number of benzene rings is 2. The molecule has 0 aliphatic heterocycles. The minimum Gasteiger partial charge on any atom is -0.457 e. The van der Waals surface area contributed by atoms with Crippen molar-refractivity contribution in [2.75, 3.05) is 0 Å². The van der Waals surface area contributed by atoms with Crippen LogP contribution in [0, 0.1) is 5.82 Å². The zero-order valence-corrected chi connectivity index (χ0v) is 11.4. The lowest BCUT2D eigenvalue weighted by atomic mass is 10.1. The van der Waals surface area contributed by atoms with Crippen molar-refractivity contribution in [3.05, 3.63) is 58.3 Å². The third kappa shape index (κ3) is 3.09. The summed E-state index contributed by atoms with van der Waals surface area (Å²) in [7, 11) is 0. The third-order valence-electron chi connectivity index (χ3n) is 2.49. The first-order chi connectivity index (χ1) is 8.56. The molecular formula is C14H13BrFNO. The highest BCUT2D eigenvalue weighted by molar-refractivity contribution is 9.10. The van der Waals surface area contributed by atoms with Gasteiger partial charge in [-0.15, -0.1) is 0 Å². The molecule has 18 heavy (non-hydrogen) atoms. The van der Waals surface area contributed by atoms with Crippen molar-refractivity contribution >= 4 is 15.9 Å². The maximum Gasteiger partial charge on any atom is 0.130 e. The number of halogens is 2. The van der Waals surface area contributed by atoms with Crippen LogP contribution < -0.4 is 10.5 Å². The first-order valence-electron chi connectivity index (χ1n) is 5.54. The highest BCUT2D eigenvalue weighted by Gasteiger charge is 2.07. The third-order valence-corrected chi connectivity index (χ3v) is 3.18. The molecule has 0 bridgehead atoms. The maximum absolute atomic E-state index is 13.0. The van der Waals surface area contributed by atoms with Crippen LogP contribution in [0.15, 0.2) is 46.9 Å². The molecule has 1 atom stereocenters. The Kier molecular flexibility index (Phi) is 3.99. The molecule has 0 fully saturated rings. The van der Waals surface area contributed by atoms with Crippen molar-refractivity contribution in [2.24, 2.45) is 5.73 Å². The Morgan fingerprint density at radius 1 is 1.17 bits per heavy atom. The van der Waals surface area contributed by atoms with Crippen LogP contribution in [0.25, 0.3) is 0 Å². The maximum atomic E-state index is 13.0. The van der Waals surface area contributed by atoms with E-state index in [4.69, 9.17) is 10.5 Å². The van der Waals surface area contributed by atoms with Crippen molar-refractivity contribution in [1.29, 1.82) is 0 Å². The van der Waals surface area contributed by atoms with Crippen LogP contribution in [-0.2, 0) is 0 Å². The second-order valence-corrected chi connectivity index (χ2v) is 4.89. The van der Waals surface area contributed by atoms with Gasteiger partial charge in [-0.25, -0.2) is 4.39 Å². The van der Waals surface area contributed by atoms with Crippen LogP contribution in [0.5, 0.6) is 11.5 Å². The smallest absolute Gasteiger partial charge is 0.130 e. The fourth-order valence-corrected chi connectivity index (χ4v) is 2.33. The van der Waals surface area contributed by atoms with Gasteiger partial charge in [0, 0.05) is 16.6 Å². The summed E-state index contributed by atoms with van der Waals surface area (Å²) >= 11 is 3.44. The molecule has 0 spiro atoms. The van der Waals surface area contributed by atoms with E-state index in [1.165, 1.54) is 12.1 Å². The van der Waals surface area contributed by atoms with E-state index < -0.39 is 0 Å². The Hall–Kier alpha value is -1.39. The van der Waals surface area contributed by atoms with Gasteiger partial charge >= 0.3 is 0 Å². The number of rotatable bonds is 3. The molecule has 0 aliphatic carbocycles. The van der Waals surface area contributed by atoms with Gasteiger partial charge in [0.1, 0.15) is 17.3 Å². The number of nitrogens with two attached hydrogens (primary N) is 1. The highest BCUT2D eigenvalue weighted by atomic mass is 79.9. The van der Waals surface area contributed by atoms with Gasteiger partial charge in [-0.1, -0.05) is 28.1 Å². The standard InChI is InChI=1S/C14H13BrFNO/c1-9(17)13-6-5-12(8-14(13)15)18-11-4-2-3-10(16)7-11/h2-9H,17H2,1H3. The van der Waals surface area contributed by atoms with Gasteiger partial charge in [-0.3, -0.25) is 0 Å². The molecule has 2 aromatic rings. The predicted molar refractivity (Wildman–Crippen MR) is 73.2 cm³/mol. The van der Waals surface area contributed by atoms with E-state index in [-0.39, 0.29) is 11.9 Å². The summed E-state index contributed by atoms with van der Waals surface area (Å²) in [5.74, 6) is 0.783. The van der Waals surface area contributed by atoms with Gasteiger partial charge in [-0.05, 0) is 36.8 Å². The second-order valence-electron chi connectivity index (χ2n) is 4.03. The van der Waals surface area contributed by atoms with Gasteiger partial charge in [0.15, 0.2) is 0 Å². The number of hydrogen-bond donors (Lipinski definition) is 1. The first-order valence-corrected chi connectivity index (χ1v) is 6.34. The van der Waals surface area contributed by atoms with Crippen LogP contribution in [0.2, 0.25) is 0 Å². The van der Waals surface area contributed by atoms with E-state index in [0.717, 1.165) is 10.0 Å². The van der Waals surface area contributed by atoms with Crippen LogP contribution in [-0.4, -0.2) is 0 Å². The zero-order valence-electron chi connectivity index (χ0n) is 9.86. The lowest BCUT2D eigenvalue weighted by molar-refractivity contribution is 0.476. The van der Waals surface area contributed by atoms with Gasteiger partial charge in [0.2, 0.25) is 0 Å². The molecule has 2 nitrogen and oxygen atoms in total. The fraction of sp³-hybridized carbons (Fsp3) is 0.143. The van der Waals surface area contributed by atoms with Crippen LogP contribution >= 0.6 is 15.9 Å². The molecule has 0 radical (unpaired) electrons. The average molecular weight is 310 g/mol. The molecule has 2 N–H and O–H groups in total. The van der Waals surface area contributed by atoms with Gasteiger partial charge in [0.05, 0.1) is 0 Å². The first kappa shape index (κ1) is 13.1. The SMILES string of the molecule is CC(N)c1ccc(Oc2cccc(F)c2)cc1Br. The molecule has 0 aliphatic rings. The molecule has 0 aromatic heterocycles. The quantitative estimate of drug-likeness (QED) is 0.912. The minimum atomic E-state index is -0.321. The lowest BCUT2D eigenvalue weighted by Gasteiger charge is -2.11. The van der Waals surface area contributed by atoms with Gasteiger partial charge in [-0.2, -0.15) is 0 Å². The molecule has 0 saturated carbocycles. The molecule has 1 unspecified atom stereocenters. The lowest BCUT2D eigenvalue weighted by Crippen LogP contribution is -2.05. The monoisotopic (exact) mass is 309 g/mol. The molecule has 2 aromatic carbocycles. The summed E-state index contributed by atoms with van der Waals surface area (Å²) in [5, 5.41) is 0. The molecular weight excluding hydrogens is 297 g/mol. The van der Waals surface area contributed by atoms with Crippen molar-refractivity contribution in [1.82, 2.24) is 0 Å². The van der Waals surface area contributed by atoms with Crippen molar-refractivity contribution in [2.45, 2.75) is 13.0 Å². The van der Waals surface area contributed by atoms with E-state index in [0.29, 0.717) is 11.5 Å². The van der Waals surface area contributed by atoms with E-state index in [2.05, 4.69) is 15.9 Å². The van der Waals surface area contributed by atoms with E-state index in [1.54, 1.807) is 12.1 Å². The zero-order chi connectivity index (χ0) is 13.1. The average Bonchev–Trinajstić information content (AvgIpc) is 2.28. The van der Waals surface area contributed by atoms with Crippen molar-refractivity contribution < 1.29 is 9.13 Å². The largest absolute Gasteiger partial charge is 0.457 e. The summed E-state index contributed by atoms with van der Waals surface area (Å²) < 4.78 is 19.5. The van der Waals surface area contributed by atoms with E-state index >= 15 is 0 Å².